The van der Waals surface area contributed by atoms with E-state index in [-0.39, 0.29) is 23.2 Å². The molecule has 0 fully saturated rings. The molecule has 0 atom stereocenters. The summed E-state index contributed by atoms with van der Waals surface area (Å²) in [6, 6.07) is 3.37. The molecule has 0 unspecified atom stereocenters. The van der Waals surface area contributed by atoms with Crippen molar-refractivity contribution >= 4 is 5.97 Å². The molecular weight excluding hydrogens is 258 g/mol. The highest BCUT2D eigenvalue weighted by Gasteiger charge is 2.14. The largest absolute Gasteiger partial charge is 0.478 e. The van der Waals surface area contributed by atoms with E-state index in [2.05, 4.69) is 15.0 Å². The Labute approximate surface area is 116 Å². The molecule has 0 saturated heterocycles. The zero-order chi connectivity index (χ0) is 14.7. The number of rotatable bonds is 4. The summed E-state index contributed by atoms with van der Waals surface area (Å²) in [4.78, 5) is 23.4. The summed E-state index contributed by atoms with van der Waals surface area (Å²) in [6.45, 7) is 5.86. The average molecular weight is 273 g/mol. The lowest BCUT2D eigenvalue weighted by molar-refractivity contribution is 0.0694. The van der Waals surface area contributed by atoms with Crippen LogP contribution in [-0.4, -0.2) is 26.0 Å². The Bertz CT molecular complexity index is 641. The number of aromatic nitrogens is 3. The van der Waals surface area contributed by atoms with Gasteiger partial charge < -0.3 is 9.84 Å². The number of hydrogen-bond donors (Lipinski definition) is 1. The third-order valence-corrected chi connectivity index (χ3v) is 2.66. The van der Waals surface area contributed by atoms with E-state index in [1.54, 1.807) is 0 Å². The van der Waals surface area contributed by atoms with Crippen molar-refractivity contribution in [2.75, 3.05) is 0 Å². The highest BCUT2D eigenvalue weighted by molar-refractivity contribution is 5.90. The minimum Gasteiger partial charge on any atom is -0.478 e. The van der Waals surface area contributed by atoms with E-state index in [0.29, 0.717) is 0 Å². The minimum atomic E-state index is -1.08. The second-order valence-corrected chi connectivity index (χ2v) is 4.65. The summed E-state index contributed by atoms with van der Waals surface area (Å²) in [6.07, 6.45) is 2.73. The van der Waals surface area contributed by atoms with Gasteiger partial charge in [0, 0.05) is 11.9 Å². The van der Waals surface area contributed by atoms with Crippen LogP contribution in [0.3, 0.4) is 0 Å². The lowest BCUT2D eigenvalue weighted by atomic mass is 10.1. The topological polar surface area (TPSA) is 85.2 Å². The summed E-state index contributed by atoms with van der Waals surface area (Å²) in [5.41, 5.74) is 1.63. The van der Waals surface area contributed by atoms with Crippen LogP contribution in [0.25, 0.3) is 0 Å². The molecule has 0 bridgehead atoms. The molecule has 6 heteroatoms. The van der Waals surface area contributed by atoms with Crippen molar-refractivity contribution in [3.8, 4) is 11.8 Å². The van der Waals surface area contributed by atoms with Crippen LogP contribution in [0.2, 0.25) is 0 Å². The van der Waals surface area contributed by atoms with E-state index >= 15 is 0 Å². The molecule has 0 aromatic carbocycles. The SMILES string of the molecule is Cc1cc(C(C)C)nc(Oc2cnccc2C(=O)O)n1. The van der Waals surface area contributed by atoms with Gasteiger partial charge in [-0.1, -0.05) is 13.8 Å². The molecule has 0 radical (unpaired) electrons. The molecule has 2 aromatic heterocycles. The van der Waals surface area contributed by atoms with Crippen LogP contribution in [0.5, 0.6) is 11.8 Å². The zero-order valence-electron chi connectivity index (χ0n) is 11.5. The fourth-order valence-corrected chi connectivity index (χ4v) is 1.64. The van der Waals surface area contributed by atoms with Gasteiger partial charge in [0.15, 0.2) is 5.75 Å². The van der Waals surface area contributed by atoms with Crippen LogP contribution in [0.1, 0.15) is 41.5 Å². The maximum Gasteiger partial charge on any atom is 0.339 e. The molecule has 0 aliphatic rings. The maximum atomic E-state index is 11.1. The van der Waals surface area contributed by atoms with Crippen molar-refractivity contribution in [2.45, 2.75) is 26.7 Å². The molecule has 0 aliphatic carbocycles. The predicted octanol–water partition coefficient (Wildman–Crippen LogP) is 2.79. The van der Waals surface area contributed by atoms with Crippen LogP contribution < -0.4 is 4.74 Å². The van der Waals surface area contributed by atoms with Crippen LogP contribution in [0.15, 0.2) is 24.5 Å². The number of nitrogens with zero attached hydrogens (tertiary/aromatic N) is 3. The van der Waals surface area contributed by atoms with E-state index in [1.807, 2.05) is 26.8 Å². The average Bonchev–Trinajstić information content (AvgIpc) is 2.38. The second kappa shape index (κ2) is 5.64. The smallest absolute Gasteiger partial charge is 0.339 e. The Morgan fingerprint density at radius 1 is 1.35 bits per heavy atom. The number of pyridine rings is 1. The van der Waals surface area contributed by atoms with Gasteiger partial charge in [-0.15, -0.1) is 0 Å². The molecule has 2 heterocycles. The van der Waals surface area contributed by atoms with Crippen molar-refractivity contribution in [1.29, 1.82) is 0 Å². The molecule has 2 aromatic rings. The molecule has 0 aliphatic heterocycles. The lowest BCUT2D eigenvalue weighted by Crippen LogP contribution is -2.04. The van der Waals surface area contributed by atoms with Gasteiger partial charge >= 0.3 is 12.0 Å². The van der Waals surface area contributed by atoms with Gasteiger partial charge in [-0.3, -0.25) is 4.98 Å². The molecule has 1 N–H and O–H groups in total. The monoisotopic (exact) mass is 273 g/mol. The Morgan fingerprint density at radius 2 is 2.10 bits per heavy atom. The highest BCUT2D eigenvalue weighted by Crippen LogP contribution is 2.23. The van der Waals surface area contributed by atoms with Gasteiger partial charge in [-0.05, 0) is 25.0 Å². The number of carbonyl (C=O) groups is 1. The fraction of sp³-hybridized carbons (Fsp3) is 0.286. The third kappa shape index (κ3) is 3.09. The summed E-state index contributed by atoms with van der Waals surface area (Å²) >= 11 is 0. The molecular formula is C14H15N3O3. The second-order valence-electron chi connectivity index (χ2n) is 4.65. The molecule has 2 rings (SSSR count). The first-order chi connectivity index (χ1) is 9.47. The van der Waals surface area contributed by atoms with Gasteiger partial charge in [0.25, 0.3) is 0 Å². The van der Waals surface area contributed by atoms with Crippen molar-refractivity contribution in [1.82, 2.24) is 15.0 Å². The predicted molar refractivity (Wildman–Crippen MR) is 72.1 cm³/mol. The number of carboxylic acids is 1. The summed E-state index contributed by atoms with van der Waals surface area (Å²) in [5.74, 6) is -0.730. The Morgan fingerprint density at radius 3 is 2.75 bits per heavy atom. The van der Waals surface area contributed by atoms with E-state index in [4.69, 9.17) is 9.84 Å². The van der Waals surface area contributed by atoms with Crippen LogP contribution >= 0.6 is 0 Å². The van der Waals surface area contributed by atoms with Gasteiger partial charge in [-0.2, -0.15) is 4.98 Å². The number of hydrogen-bond acceptors (Lipinski definition) is 5. The first kappa shape index (κ1) is 13.9. The van der Waals surface area contributed by atoms with Gasteiger partial charge in [0.1, 0.15) is 5.56 Å². The number of carboxylic acid groups (broad SMARTS) is 1. The Kier molecular flexibility index (Phi) is 3.93. The maximum absolute atomic E-state index is 11.1. The number of aromatic carboxylic acids is 1. The molecule has 6 nitrogen and oxygen atoms in total. The van der Waals surface area contributed by atoms with Gasteiger partial charge in [0.2, 0.25) is 0 Å². The fourth-order valence-electron chi connectivity index (χ4n) is 1.64. The number of ether oxygens (including phenoxy) is 1. The summed E-state index contributed by atoms with van der Waals surface area (Å²) in [7, 11) is 0. The Hall–Kier alpha value is -2.50. The third-order valence-electron chi connectivity index (χ3n) is 2.66. The molecule has 0 spiro atoms. The van der Waals surface area contributed by atoms with Gasteiger partial charge in [0.05, 0.1) is 11.9 Å². The van der Waals surface area contributed by atoms with Crippen LogP contribution in [-0.2, 0) is 0 Å². The van der Waals surface area contributed by atoms with Crippen molar-refractivity contribution < 1.29 is 14.6 Å². The van der Waals surface area contributed by atoms with Crippen molar-refractivity contribution in [3.05, 3.63) is 41.5 Å². The van der Waals surface area contributed by atoms with Crippen LogP contribution in [0, 0.1) is 6.92 Å². The summed E-state index contributed by atoms with van der Waals surface area (Å²) < 4.78 is 5.48. The molecule has 20 heavy (non-hydrogen) atoms. The summed E-state index contributed by atoms with van der Waals surface area (Å²) in [5, 5.41) is 9.09. The first-order valence-electron chi connectivity index (χ1n) is 6.18. The lowest BCUT2D eigenvalue weighted by Gasteiger charge is -2.10. The highest BCUT2D eigenvalue weighted by atomic mass is 16.5. The van der Waals surface area contributed by atoms with E-state index in [9.17, 15) is 4.79 Å². The van der Waals surface area contributed by atoms with Crippen LogP contribution in [0.4, 0.5) is 0 Å². The molecule has 104 valence electrons. The number of aryl methyl sites for hydroxylation is 1. The Balaban J connectivity index is 2.38. The quantitative estimate of drug-likeness (QED) is 0.921. The van der Waals surface area contributed by atoms with E-state index < -0.39 is 5.97 Å². The van der Waals surface area contributed by atoms with Gasteiger partial charge in [-0.25, -0.2) is 9.78 Å². The van der Waals surface area contributed by atoms with Crippen molar-refractivity contribution in [3.63, 3.8) is 0 Å². The van der Waals surface area contributed by atoms with Crippen molar-refractivity contribution in [2.24, 2.45) is 0 Å². The minimum absolute atomic E-state index is 0.0243. The normalized spacial score (nSPS) is 10.6. The van der Waals surface area contributed by atoms with E-state index in [1.165, 1.54) is 18.5 Å². The van der Waals surface area contributed by atoms with E-state index in [0.717, 1.165) is 11.4 Å². The zero-order valence-corrected chi connectivity index (χ0v) is 11.5. The molecule has 0 saturated carbocycles. The first-order valence-corrected chi connectivity index (χ1v) is 6.18. The molecule has 0 amide bonds. The standard InChI is InChI=1S/C14H15N3O3/c1-8(2)11-6-9(3)16-14(17-11)20-12-7-15-5-4-10(12)13(18)19/h4-8H,1-3H3,(H,18,19).